The van der Waals surface area contributed by atoms with E-state index in [0.717, 1.165) is 13.1 Å². The summed E-state index contributed by atoms with van der Waals surface area (Å²) in [5.41, 5.74) is 0.271. The van der Waals surface area contributed by atoms with Gasteiger partial charge in [-0.2, -0.15) is 0 Å². The Labute approximate surface area is 68.9 Å². The summed E-state index contributed by atoms with van der Waals surface area (Å²) in [7, 11) is 0. The standard InChI is InChI=1S/C8H19N3/c1-7(2)5-11(9)6-8(3,4)10-7/h10H,5-6,9H2,1-4H3. The highest BCUT2D eigenvalue weighted by atomic mass is 15.4. The molecule has 1 heterocycles. The van der Waals surface area contributed by atoms with E-state index in [-0.39, 0.29) is 11.1 Å². The molecule has 3 heteroatoms. The number of hydrogen-bond donors (Lipinski definition) is 2. The quantitative estimate of drug-likeness (QED) is 0.498. The molecule has 11 heavy (non-hydrogen) atoms. The van der Waals surface area contributed by atoms with Crippen molar-refractivity contribution in [1.82, 2.24) is 10.3 Å². The third kappa shape index (κ3) is 2.43. The number of nitrogens with two attached hydrogens (primary N) is 1. The monoisotopic (exact) mass is 157 g/mol. The number of rotatable bonds is 0. The average molecular weight is 157 g/mol. The van der Waals surface area contributed by atoms with Crippen LogP contribution in [0.2, 0.25) is 0 Å². The Morgan fingerprint density at radius 1 is 1.09 bits per heavy atom. The molecule has 0 aromatic carbocycles. The number of nitrogens with zero attached hydrogens (tertiary/aromatic N) is 1. The molecule has 1 aliphatic heterocycles. The van der Waals surface area contributed by atoms with E-state index in [0.29, 0.717) is 0 Å². The first kappa shape index (κ1) is 8.97. The van der Waals surface area contributed by atoms with Crippen LogP contribution in [0.3, 0.4) is 0 Å². The predicted molar refractivity (Wildman–Crippen MR) is 47.1 cm³/mol. The molecule has 0 spiro atoms. The fraction of sp³-hybridized carbons (Fsp3) is 1.00. The first-order valence-electron chi connectivity index (χ1n) is 4.10. The highest BCUT2D eigenvalue weighted by molar-refractivity contribution is 4.96. The minimum atomic E-state index is 0.135. The van der Waals surface area contributed by atoms with Crippen molar-refractivity contribution in [2.24, 2.45) is 5.84 Å². The average Bonchev–Trinajstić information content (AvgIpc) is 1.49. The molecule has 0 aromatic heterocycles. The van der Waals surface area contributed by atoms with Crippen molar-refractivity contribution >= 4 is 0 Å². The van der Waals surface area contributed by atoms with E-state index in [1.54, 1.807) is 0 Å². The van der Waals surface area contributed by atoms with Crippen molar-refractivity contribution in [3.63, 3.8) is 0 Å². The highest BCUT2D eigenvalue weighted by Crippen LogP contribution is 2.17. The van der Waals surface area contributed by atoms with Gasteiger partial charge in [-0.25, -0.2) is 5.01 Å². The number of nitrogens with one attached hydrogen (secondary N) is 1. The van der Waals surface area contributed by atoms with E-state index in [1.807, 2.05) is 5.01 Å². The van der Waals surface area contributed by atoms with E-state index in [9.17, 15) is 0 Å². The van der Waals surface area contributed by atoms with Crippen molar-refractivity contribution in [2.75, 3.05) is 13.1 Å². The van der Waals surface area contributed by atoms with Gasteiger partial charge < -0.3 is 5.32 Å². The fourth-order valence-electron chi connectivity index (χ4n) is 2.07. The Bertz CT molecular complexity index is 135. The van der Waals surface area contributed by atoms with Gasteiger partial charge in [0.15, 0.2) is 0 Å². The molecule has 0 unspecified atom stereocenters. The Morgan fingerprint density at radius 3 is 1.73 bits per heavy atom. The molecule has 1 saturated heterocycles. The molecule has 0 radical (unpaired) electrons. The van der Waals surface area contributed by atoms with Gasteiger partial charge in [-0.1, -0.05) is 0 Å². The summed E-state index contributed by atoms with van der Waals surface area (Å²) in [6, 6.07) is 0. The van der Waals surface area contributed by atoms with Crippen LogP contribution in [0, 0.1) is 0 Å². The summed E-state index contributed by atoms with van der Waals surface area (Å²) >= 11 is 0. The van der Waals surface area contributed by atoms with Crippen LogP contribution >= 0.6 is 0 Å². The lowest BCUT2D eigenvalue weighted by atomic mass is 9.93. The highest BCUT2D eigenvalue weighted by Gasteiger charge is 2.34. The molecular weight excluding hydrogens is 138 g/mol. The van der Waals surface area contributed by atoms with E-state index in [1.165, 1.54) is 0 Å². The normalized spacial score (nSPS) is 30.3. The fourth-order valence-corrected chi connectivity index (χ4v) is 2.07. The maximum absolute atomic E-state index is 5.78. The van der Waals surface area contributed by atoms with Gasteiger partial charge in [0.2, 0.25) is 0 Å². The van der Waals surface area contributed by atoms with Crippen LogP contribution in [0.25, 0.3) is 0 Å². The number of piperazine rings is 1. The van der Waals surface area contributed by atoms with Gasteiger partial charge in [0.05, 0.1) is 0 Å². The summed E-state index contributed by atoms with van der Waals surface area (Å²) in [4.78, 5) is 0. The molecule has 0 amide bonds. The molecule has 0 bridgehead atoms. The van der Waals surface area contributed by atoms with Crippen LogP contribution < -0.4 is 11.2 Å². The zero-order chi connectivity index (χ0) is 8.70. The third-order valence-electron chi connectivity index (χ3n) is 1.87. The summed E-state index contributed by atoms with van der Waals surface area (Å²) in [5.74, 6) is 5.78. The van der Waals surface area contributed by atoms with Crippen molar-refractivity contribution in [1.29, 1.82) is 0 Å². The molecule has 1 fully saturated rings. The maximum atomic E-state index is 5.78. The van der Waals surface area contributed by atoms with Crippen LogP contribution in [-0.4, -0.2) is 29.2 Å². The van der Waals surface area contributed by atoms with E-state index < -0.39 is 0 Å². The van der Waals surface area contributed by atoms with Gasteiger partial charge >= 0.3 is 0 Å². The lowest BCUT2D eigenvalue weighted by Crippen LogP contribution is -2.68. The van der Waals surface area contributed by atoms with E-state index in [2.05, 4.69) is 33.0 Å². The summed E-state index contributed by atoms with van der Waals surface area (Å²) in [5, 5.41) is 5.43. The lowest BCUT2D eigenvalue weighted by Gasteiger charge is -2.46. The predicted octanol–water partition coefficient (Wildman–Crippen LogP) is 0.323. The Hall–Kier alpha value is -0.120. The van der Waals surface area contributed by atoms with Gasteiger partial charge in [0, 0.05) is 24.2 Å². The summed E-state index contributed by atoms with van der Waals surface area (Å²) in [6.07, 6.45) is 0. The first-order chi connectivity index (χ1) is 4.81. The molecule has 66 valence electrons. The van der Waals surface area contributed by atoms with Crippen molar-refractivity contribution < 1.29 is 0 Å². The molecule has 0 aliphatic carbocycles. The summed E-state index contributed by atoms with van der Waals surface area (Å²) in [6.45, 7) is 10.5. The minimum absolute atomic E-state index is 0.135. The Balaban J connectivity index is 2.66. The second-order valence-electron chi connectivity index (χ2n) is 4.80. The SMILES string of the molecule is CC1(C)CN(N)CC(C)(C)N1. The van der Waals surface area contributed by atoms with Crippen molar-refractivity contribution in [3.8, 4) is 0 Å². The molecule has 0 atom stereocenters. The topological polar surface area (TPSA) is 41.3 Å². The molecule has 0 aromatic rings. The summed E-state index contributed by atoms with van der Waals surface area (Å²) < 4.78 is 0. The van der Waals surface area contributed by atoms with Crippen molar-refractivity contribution in [2.45, 2.75) is 38.8 Å². The van der Waals surface area contributed by atoms with Crippen molar-refractivity contribution in [3.05, 3.63) is 0 Å². The molecular formula is C8H19N3. The molecule has 1 rings (SSSR count). The third-order valence-corrected chi connectivity index (χ3v) is 1.87. The van der Waals surface area contributed by atoms with Crippen LogP contribution in [0.4, 0.5) is 0 Å². The lowest BCUT2D eigenvalue weighted by molar-refractivity contribution is 0.0788. The van der Waals surface area contributed by atoms with E-state index >= 15 is 0 Å². The zero-order valence-electron chi connectivity index (χ0n) is 7.94. The maximum Gasteiger partial charge on any atom is 0.0307 e. The van der Waals surface area contributed by atoms with Gasteiger partial charge in [-0.3, -0.25) is 5.84 Å². The van der Waals surface area contributed by atoms with Gasteiger partial charge in [0.1, 0.15) is 0 Å². The van der Waals surface area contributed by atoms with Crippen LogP contribution in [0.5, 0.6) is 0 Å². The van der Waals surface area contributed by atoms with E-state index in [4.69, 9.17) is 5.84 Å². The minimum Gasteiger partial charge on any atom is -0.304 e. The number of hydrogen-bond acceptors (Lipinski definition) is 3. The second kappa shape index (κ2) is 2.44. The van der Waals surface area contributed by atoms with Crippen LogP contribution in [-0.2, 0) is 0 Å². The second-order valence-corrected chi connectivity index (χ2v) is 4.80. The van der Waals surface area contributed by atoms with Gasteiger partial charge in [-0.05, 0) is 27.7 Å². The molecule has 0 saturated carbocycles. The van der Waals surface area contributed by atoms with Crippen LogP contribution in [0.1, 0.15) is 27.7 Å². The van der Waals surface area contributed by atoms with Gasteiger partial charge in [-0.15, -0.1) is 0 Å². The zero-order valence-corrected chi connectivity index (χ0v) is 7.94. The molecule has 1 aliphatic rings. The molecule has 3 nitrogen and oxygen atoms in total. The Morgan fingerprint density at radius 2 is 1.45 bits per heavy atom. The Kier molecular flexibility index (Phi) is 1.99. The number of hydrazine groups is 1. The first-order valence-corrected chi connectivity index (χ1v) is 4.10. The smallest absolute Gasteiger partial charge is 0.0307 e. The van der Waals surface area contributed by atoms with Crippen LogP contribution in [0.15, 0.2) is 0 Å². The van der Waals surface area contributed by atoms with Gasteiger partial charge in [0.25, 0.3) is 0 Å². The largest absolute Gasteiger partial charge is 0.304 e. The molecule has 3 N–H and O–H groups in total.